The normalized spacial score (nSPS) is 26.4. The van der Waals surface area contributed by atoms with Gasteiger partial charge in [-0.15, -0.1) is 0 Å². The maximum Gasteiger partial charge on any atom is 0.234 e. The molecule has 100 valence electrons. The highest BCUT2D eigenvalue weighted by molar-refractivity contribution is 5.78. The number of carbonyl (C=O) groups excluding carboxylic acids is 1. The molecule has 0 radical (unpaired) electrons. The summed E-state index contributed by atoms with van der Waals surface area (Å²) in [5, 5.41) is 16.0. The van der Waals surface area contributed by atoms with Gasteiger partial charge >= 0.3 is 0 Å². The Morgan fingerprint density at radius 1 is 1.24 bits per heavy atom. The summed E-state index contributed by atoms with van der Waals surface area (Å²) in [7, 11) is 0. The molecule has 1 aliphatic rings. The molecule has 0 aromatic rings. The van der Waals surface area contributed by atoms with Gasteiger partial charge in [-0.2, -0.15) is 0 Å². The lowest BCUT2D eigenvalue weighted by atomic mass is 10.1. The molecule has 2 unspecified atom stereocenters. The van der Waals surface area contributed by atoms with Crippen LogP contribution in [0.1, 0.15) is 52.9 Å². The SMILES string of the molecule is CC(C)(C)NCC(=O)NC1CCCCCC1O. The van der Waals surface area contributed by atoms with Gasteiger partial charge in [0.05, 0.1) is 18.7 Å². The minimum Gasteiger partial charge on any atom is -0.391 e. The first-order valence-corrected chi connectivity index (χ1v) is 6.61. The number of carbonyl (C=O) groups is 1. The summed E-state index contributed by atoms with van der Waals surface area (Å²) in [6.45, 7) is 6.40. The van der Waals surface area contributed by atoms with E-state index in [0.717, 1.165) is 32.1 Å². The Bertz CT molecular complexity index is 248. The molecule has 0 bridgehead atoms. The van der Waals surface area contributed by atoms with E-state index in [1.54, 1.807) is 0 Å². The second-order valence-electron chi connectivity index (χ2n) is 5.98. The third-order valence-electron chi connectivity index (χ3n) is 3.11. The van der Waals surface area contributed by atoms with E-state index in [1.165, 1.54) is 0 Å². The zero-order chi connectivity index (χ0) is 12.9. The Balaban J connectivity index is 2.33. The van der Waals surface area contributed by atoms with Gasteiger partial charge in [-0.3, -0.25) is 4.79 Å². The summed E-state index contributed by atoms with van der Waals surface area (Å²) in [6, 6.07) is -0.0632. The second kappa shape index (κ2) is 6.36. The summed E-state index contributed by atoms with van der Waals surface area (Å²) in [4.78, 5) is 11.7. The average Bonchev–Trinajstić information content (AvgIpc) is 2.41. The van der Waals surface area contributed by atoms with Crippen molar-refractivity contribution in [1.29, 1.82) is 0 Å². The smallest absolute Gasteiger partial charge is 0.234 e. The molecule has 4 nitrogen and oxygen atoms in total. The van der Waals surface area contributed by atoms with Crippen molar-refractivity contribution in [3.63, 3.8) is 0 Å². The molecule has 0 aromatic heterocycles. The summed E-state index contributed by atoms with van der Waals surface area (Å²) in [5.74, 6) is -0.0223. The fourth-order valence-corrected chi connectivity index (χ4v) is 2.06. The van der Waals surface area contributed by atoms with Crippen LogP contribution >= 0.6 is 0 Å². The van der Waals surface area contributed by atoms with E-state index in [2.05, 4.69) is 10.6 Å². The largest absolute Gasteiger partial charge is 0.391 e. The highest BCUT2D eigenvalue weighted by atomic mass is 16.3. The van der Waals surface area contributed by atoms with Crippen molar-refractivity contribution in [2.45, 2.75) is 70.6 Å². The van der Waals surface area contributed by atoms with Crippen molar-refractivity contribution in [3.05, 3.63) is 0 Å². The molecule has 4 heteroatoms. The molecule has 17 heavy (non-hydrogen) atoms. The highest BCUT2D eigenvalue weighted by Gasteiger charge is 2.23. The number of rotatable bonds is 3. The minimum atomic E-state index is -0.379. The lowest BCUT2D eigenvalue weighted by Gasteiger charge is -2.24. The number of aliphatic hydroxyl groups excluding tert-OH is 1. The molecule has 1 amide bonds. The summed E-state index contributed by atoms with van der Waals surface area (Å²) < 4.78 is 0. The Kier molecular flexibility index (Phi) is 5.40. The molecule has 1 saturated carbocycles. The van der Waals surface area contributed by atoms with Crippen molar-refractivity contribution >= 4 is 5.91 Å². The predicted molar refractivity (Wildman–Crippen MR) is 68.8 cm³/mol. The van der Waals surface area contributed by atoms with Crippen LogP contribution in [0.3, 0.4) is 0 Å². The number of amides is 1. The maximum absolute atomic E-state index is 11.7. The summed E-state index contributed by atoms with van der Waals surface area (Å²) in [6.07, 6.45) is 4.63. The molecule has 0 saturated heterocycles. The fourth-order valence-electron chi connectivity index (χ4n) is 2.06. The Labute approximate surface area is 104 Å². The molecule has 2 atom stereocenters. The van der Waals surface area contributed by atoms with Crippen molar-refractivity contribution in [2.24, 2.45) is 0 Å². The first kappa shape index (κ1) is 14.5. The van der Waals surface area contributed by atoms with Crippen LogP contribution in [0.15, 0.2) is 0 Å². The van der Waals surface area contributed by atoms with Crippen LogP contribution in [0, 0.1) is 0 Å². The standard InChI is InChI=1S/C13H26N2O2/c1-13(2,3)14-9-12(17)15-10-7-5-4-6-8-11(10)16/h10-11,14,16H,4-9H2,1-3H3,(H,15,17). The number of hydrogen-bond donors (Lipinski definition) is 3. The first-order chi connectivity index (χ1) is 7.88. The van der Waals surface area contributed by atoms with Gasteiger partial charge in [0, 0.05) is 5.54 Å². The molecular weight excluding hydrogens is 216 g/mol. The van der Waals surface area contributed by atoms with Crippen LogP contribution in [0.2, 0.25) is 0 Å². The number of hydrogen-bond acceptors (Lipinski definition) is 3. The zero-order valence-electron chi connectivity index (χ0n) is 11.3. The van der Waals surface area contributed by atoms with E-state index in [-0.39, 0.29) is 23.6 Å². The lowest BCUT2D eigenvalue weighted by molar-refractivity contribution is -0.122. The topological polar surface area (TPSA) is 61.4 Å². The predicted octanol–water partition coefficient (Wildman–Crippen LogP) is 1.18. The van der Waals surface area contributed by atoms with E-state index in [9.17, 15) is 9.90 Å². The maximum atomic E-state index is 11.7. The van der Waals surface area contributed by atoms with Gasteiger partial charge < -0.3 is 15.7 Å². The molecule has 0 heterocycles. The molecule has 1 rings (SSSR count). The Hall–Kier alpha value is -0.610. The summed E-state index contributed by atoms with van der Waals surface area (Å²) >= 11 is 0. The van der Waals surface area contributed by atoms with Crippen molar-refractivity contribution < 1.29 is 9.90 Å². The van der Waals surface area contributed by atoms with Crippen LogP contribution in [-0.4, -0.2) is 35.2 Å². The molecule has 0 spiro atoms. The van der Waals surface area contributed by atoms with Gasteiger partial charge in [0.25, 0.3) is 0 Å². The molecule has 1 fully saturated rings. The monoisotopic (exact) mass is 242 g/mol. The Morgan fingerprint density at radius 3 is 2.53 bits per heavy atom. The molecule has 3 N–H and O–H groups in total. The van der Waals surface area contributed by atoms with Crippen molar-refractivity contribution in [1.82, 2.24) is 10.6 Å². The van der Waals surface area contributed by atoms with Gasteiger partial charge in [-0.1, -0.05) is 19.3 Å². The van der Waals surface area contributed by atoms with Crippen LogP contribution < -0.4 is 10.6 Å². The highest BCUT2D eigenvalue weighted by Crippen LogP contribution is 2.17. The van der Waals surface area contributed by atoms with Crippen molar-refractivity contribution in [2.75, 3.05) is 6.54 Å². The number of aliphatic hydroxyl groups is 1. The molecular formula is C13H26N2O2. The molecule has 0 aliphatic heterocycles. The van der Waals surface area contributed by atoms with Gasteiger partial charge in [-0.25, -0.2) is 0 Å². The van der Waals surface area contributed by atoms with Gasteiger partial charge in [0.2, 0.25) is 5.91 Å². The van der Waals surface area contributed by atoms with Gasteiger partial charge in [0.15, 0.2) is 0 Å². The molecule has 1 aliphatic carbocycles. The van der Waals surface area contributed by atoms with E-state index in [4.69, 9.17) is 0 Å². The second-order valence-corrected chi connectivity index (χ2v) is 5.98. The van der Waals surface area contributed by atoms with E-state index in [0.29, 0.717) is 6.54 Å². The van der Waals surface area contributed by atoms with E-state index in [1.807, 2.05) is 20.8 Å². The lowest BCUT2D eigenvalue weighted by Crippen LogP contribution is -2.49. The summed E-state index contributed by atoms with van der Waals surface area (Å²) in [5.41, 5.74) is -0.0561. The van der Waals surface area contributed by atoms with Gasteiger partial charge in [0.1, 0.15) is 0 Å². The van der Waals surface area contributed by atoms with E-state index >= 15 is 0 Å². The van der Waals surface area contributed by atoms with Crippen LogP contribution in [0.25, 0.3) is 0 Å². The third-order valence-corrected chi connectivity index (χ3v) is 3.11. The Morgan fingerprint density at radius 2 is 1.88 bits per heavy atom. The number of nitrogens with one attached hydrogen (secondary N) is 2. The zero-order valence-corrected chi connectivity index (χ0v) is 11.3. The van der Waals surface area contributed by atoms with Crippen LogP contribution in [0.5, 0.6) is 0 Å². The van der Waals surface area contributed by atoms with Crippen LogP contribution in [-0.2, 0) is 4.79 Å². The van der Waals surface area contributed by atoms with E-state index < -0.39 is 0 Å². The first-order valence-electron chi connectivity index (χ1n) is 6.61. The van der Waals surface area contributed by atoms with Crippen molar-refractivity contribution in [3.8, 4) is 0 Å². The minimum absolute atomic E-state index is 0.0223. The van der Waals surface area contributed by atoms with Gasteiger partial charge in [-0.05, 0) is 33.6 Å². The molecule has 0 aromatic carbocycles. The average molecular weight is 242 g/mol. The quantitative estimate of drug-likeness (QED) is 0.651. The fraction of sp³-hybridized carbons (Fsp3) is 0.923. The third kappa shape index (κ3) is 6.03. The van der Waals surface area contributed by atoms with Crippen LogP contribution in [0.4, 0.5) is 0 Å².